The number of para-hydroxylation sites is 4. The number of hydrogen-bond acceptors (Lipinski definition) is 6. The first-order valence-corrected chi connectivity index (χ1v) is 12.5. The Morgan fingerprint density at radius 1 is 0.806 bits per heavy atom. The fourth-order valence-electron chi connectivity index (χ4n) is 4.92. The number of imidazole rings is 2. The number of carbonyl (C=O) groups is 2. The third-order valence-electron chi connectivity index (χ3n) is 7.01. The van der Waals surface area contributed by atoms with Gasteiger partial charge < -0.3 is 18.8 Å². The molecule has 1 amide bonds. The fourth-order valence-corrected chi connectivity index (χ4v) is 4.92. The zero-order valence-electron chi connectivity index (χ0n) is 20.9. The van der Waals surface area contributed by atoms with Gasteiger partial charge in [0.15, 0.2) is 0 Å². The van der Waals surface area contributed by atoms with Crippen LogP contribution in [-0.4, -0.2) is 79.6 Å². The van der Waals surface area contributed by atoms with E-state index in [2.05, 4.69) is 14.9 Å². The molecule has 1 aliphatic heterocycles. The van der Waals surface area contributed by atoms with Gasteiger partial charge in [0.05, 0.1) is 34.7 Å². The Morgan fingerprint density at radius 2 is 1.33 bits per heavy atom. The van der Waals surface area contributed by atoms with Gasteiger partial charge in [-0.1, -0.05) is 24.3 Å². The van der Waals surface area contributed by atoms with Crippen LogP contribution in [0.25, 0.3) is 22.1 Å². The number of rotatable bonds is 7. The molecule has 0 unspecified atom stereocenters. The van der Waals surface area contributed by atoms with Gasteiger partial charge in [-0.25, -0.2) is 14.8 Å². The van der Waals surface area contributed by atoms with E-state index in [-0.39, 0.29) is 24.0 Å². The second kappa shape index (κ2) is 10.1. The molecule has 1 fully saturated rings. The van der Waals surface area contributed by atoms with Crippen LogP contribution >= 0.6 is 0 Å². The predicted octanol–water partition coefficient (Wildman–Crippen LogP) is 3.28. The minimum atomic E-state index is -0.463. The molecule has 2 aromatic carbocycles. The highest BCUT2D eigenvalue weighted by molar-refractivity contribution is 5.84. The molecule has 2 aromatic heterocycles. The van der Waals surface area contributed by atoms with Crippen molar-refractivity contribution in [2.45, 2.75) is 39.0 Å². The first kappa shape index (κ1) is 24.0. The van der Waals surface area contributed by atoms with E-state index in [0.717, 1.165) is 35.2 Å². The van der Waals surface area contributed by atoms with Crippen LogP contribution in [0.1, 0.15) is 32.9 Å². The quantitative estimate of drug-likeness (QED) is 0.371. The van der Waals surface area contributed by atoms with Crippen molar-refractivity contribution < 1.29 is 14.3 Å². The van der Waals surface area contributed by atoms with Gasteiger partial charge in [-0.3, -0.25) is 9.69 Å². The van der Waals surface area contributed by atoms with Gasteiger partial charge >= 0.3 is 5.97 Å². The Morgan fingerprint density at radius 3 is 1.92 bits per heavy atom. The molecule has 4 aromatic rings. The summed E-state index contributed by atoms with van der Waals surface area (Å²) >= 11 is 0. The molecule has 3 heterocycles. The van der Waals surface area contributed by atoms with Crippen LogP contribution in [0.15, 0.2) is 61.2 Å². The SMILES string of the molecule is C[C@H](CN1CCN(C(=O)[C@H](C)n2cnc3ccccc32)CC1)OC(=O)[C@H](C)n1cnc2ccccc21. The average molecular weight is 489 g/mol. The second-order valence-electron chi connectivity index (χ2n) is 9.51. The van der Waals surface area contributed by atoms with Gasteiger partial charge in [0.1, 0.15) is 18.2 Å². The third kappa shape index (κ3) is 4.70. The lowest BCUT2D eigenvalue weighted by Crippen LogP contribution is -2.51. The lowest BCUT2D eigenvalue weighted by molar-refractivity contribution is -0.152. The maximum Gasteiger partial charge on any atom is 0.329 e. The normalized spacial score (nSPS) is 17.2. The number of aromatic nitrogens is 4. The molecule has 9 heteroatoms. The van der Waals surface area contributed by atoms with Crippen molar-refractivity contribution >= 4 is 33.9 Å². The maximum atomic E-state index is 13.2. The smallest absolute Gasteiger partial charge is 0.329 e. The minimum absolute atomic E-state index is 0.0960. The van der Waals surface area contributed by atoms with Gasteiger partial charge in [-0.15, -0.1) is 0 Å². The monoisotopic (exact) mass is 488 g/mol. The van der Waals surface area contributed by atoms with E-state index in [1.165, 1.54) is 0 Å². The lowest BCUT2D eigenvalue weighted by Gasteiger charge is -2.37. The molecule has 0 bridgehead atoms. The van der Waals surface area contributed by atoms with E-state index in [9.17, 15) is 9.59 Å². The Labute approximate surface area is 210 Å². The summed E-state index contributed by atoms with van der Waals surface area (Å²) in [5.41, 5.74) is 3.62. The van der Waals surface area contributed by atoms with Crippen LogP contribution < -0.4 is 0 Å². The summed E-state index contributed by atoms with van der Waals surface area (Å²) in [7, 11) is 0. The van der Waals surface area contributed by atoms with Gasteiger partial charge in [-0.2, -0.15) is 0 Å². The van der Waals surface area contributed by atoms with Gasteiger partial charge in [0.25, 0.3) is 0 Å². The van der Waals surface area contributed by atoms with Crippen LogP contribution in [-0.2, 0) is 14.3 Å². The third-order valence-corrected chi connectivity index (χ3v) is 7.01. The molecule has 0 aliphatic carbocycles. The number of ether oxygens (including phenoxy) is 1. The maximum absolute atomic E-state index is 13.2. The highest BCUT2D eigenvalue weighted by atomic mass is 16.5. The molecule has 0 N–H and O–H groups in total. The molecule has 1 saturated heterocycles. The van der Waals surface area contributed by atoms with Crippen LogP contribution in [0.4, 0.5) is 0 Å². The van der Waals surface area contributed by atoms with Crippen molar-refractivity contribution in [1.29, 1.82) is 0 Å². The van der Waals surface area contributed by atoms with E-state index >= 15 is 0 Å². The van der Waals surface area contributed by atoms with Crippen molar-refractivity contribution in [3.8, 4) is 0 Å². The summed E-state index contributed by atoms with van der Waals surface area (Å²) in [5.74, 6) is -0.181. The van der Waals surface area contributed by atoms with Crippen LogP contribution in [0, 0.1) is 0 Å². The predicted molar refractivity (Wildman–Crippen MR) is 137 cm³/mol. The fraction of sp³-hybridized carbons (Fsp3) is 0.407. The highest BCUT2D eigenvalue weighted by Crippen LogP contribution is 2.21. The Kier molecular flexibility index (Phi) is 6.73. The van der Waals surface area contributed by atoms with E-state index in [1.807, 2.05) is 83.3 Å². The number of benzene rings is 2. The van der Waals surface area contributed by atoms with Crippen molar-refractivity contribution in [2.24, 2.45) is 0 Å². The van der Waals surface area contributed by atoms with E-state index in [4.69, 9.17) is 4.74 Å². The standard InChI is InChI=1S/C27H32N6O3/c1-19(36-27(35)21(3)33-18-29-23-9-5-7-11-25(23)33)16-30-12-14-31(15-13-30)26(34)20(2)32-17-28-22-8-4-6-10-24(22)32/h4-11,17-21H,12-16H2,1-3H3/t19-,20+,21+/m1/s1. The number of nitrogens with zero attached hydrogens (tertiary/aromatic N) is 6. The molecule has 36 heavy (non-hydrogen) atoms. The summed E-state index contributed by atoms with van der Waals surface area (Å²) in [4.78, 5) is 38.9. The lowest BCUT2D eigenvalue weighted by atomic mass is 10.2. The first-order valence-electron chi connectivity index (χ1n) is 12.5. The zero-order chi connectivity index (χ0) is 25.2. The summed E-state index contributed by atoms with van der Waals surface area (Å²) < 4.78 is 9.56. The van der Waals surface area contributed by atoms with Crippen molar-refractivity contribution in [1.82, 2.24) is 28.9 Å². The molecule has 9 nitrogen and oxygen atoms in total. The molecule has 0 saturated carbocycles. The molecule has 0 radical (unpaired) electrons. The minimum Gasteiger partial charge on any atom is -0.460 e. The van der Waals surface area contributed by atoms with Crippen LogP contribution in [0.5, 0.6) is 0 Å². The van der Waals surface area contributed by atoms with Crippen molar-refractivity contribution in [2.75, 3.05) is 32.7 Å². The largest absolute Gasteiger partial charge is 0.460 e. The molecule has 0 spiro atoms. The van der Waals surface area contributed by atoms with Gasteiger partial charge in [0.2, 0.25) is 5.91 Å². The topological polar surface area (TPSA) is 85.5 Å². The number of esters is 1. The van der Waals surface area contributed by atoms with E-state index < -0.39 is 6.04 Å². The molecule has 3 atom stereocenters. The van der Waals surface area contributed by atoms with Gasteiger partial charge in [0, 0.05) is 32.7 Å². The molecular formula is C27H32N6O3. The molecule has 1 aliphatic rings. The summed E-state index contributed by atoms with van der Waals surface area (Å²) in [6.07, 6.45) is 3.17. The van der Waals surface area contributed by atoms with Crippen LogP contribution in [0.3, 0.4) is 0 Å². The number of fused-ring (bicyclic) bond motifs is 2. The summed E-state index contributed by atoms with van der Waals surface area (Å²) in [6, 6.07) is 14.8. The Balaban J connectivity index is 1.12. The van der Waals surface area contributed by atoms with Crippen molar-refractivity contribution in [3.05, 3.63) is 61.2 Å². The van der Waals surface area contributed by atoms with E-state index in [1.54, 1.807) is 12.7 Å². The summed E-state index contributed by atoms with van der Waals surface area (Å²) in [5, 5.41) is 0. The first-order chi connectivity index (χ1) is 17.4. The Hall–Kier alpha value is -3.72. The number of piperazine rings is 1. The highest BCUT2D eigenvalue weighted by Gasteiger charge is 2.28. The Bertz CT molecular complexity index is 1370. The number of carbonyl (C=O) groups excluding carboxylic acids is 2. The zero-order valence-corrected chi connectivity index (χ0v) is 20.9. The number of hydrogen-bond donors (Lipinski definition) is 0. The second-order valence-corrected chi connectivity index (χ2v) is 9.51. The van der Waals surface area contributed by atoms with Gasteiger partial charge in [-0.05, 0) is 45.0 Å². The molecular weight excluding hydrogens is 456 g/mol. The average Bonchev–Trinajstić information content (AvgIpc) is 3.52. The molecule has 188 valence electrons. The number of amides is 1. The van der Waals surface area contributed by atoms with Crippen LogP contribution in [0.2, 0.25) is 0 Å². The molecule has 5 rings (SSSR count). The van der Waals surface area contributed by atoms with Crippen molar-refractivity contribution in [3.63, 3.8) is 0 Å². The summed E-state index contributed by atoms with van der Waals surface area (Å²) in [6.45, 7) is 9.09. The van der Waals surface area contributed by atoms with E-state index in [0.29, 0.717) is 19.6 Å².